The monoisotopic (exact) mass is 528 g/mol. The summed E-state index contributed by atoms with van der Waals surface area (Å²) in [5.41, 5.74) is 0.620. The van der Waals surface area contributed by atoms with Gasteiger partial charge in [0.05, 0.1) is 57.4 Å². The van der Waals surface area contributed by atoms with Gasteiger partial charge in [0.1, 0.15) is 17.0 Å². The van der Waals surface area contributed by atoms with Crippen molar-refractivity contribution in [1.82, 2.24) is 14.1 Å². The average Bonchev–Trinajstić information content (AvgIpc) is 3.50. The van der Waals surface area contributed by atoms with Gasteiger partial charge in [-0.3, -0.25) is 14.1 Å². The van der Waals surface area contributed by atoms with Gasteiger partial charge in [0, 0.05) is 13.1 Å². The summed E-state index contributed by atoms with van der Waals surface area (Å²) in [6.45, 7) is 0.828. The second-order valence-electron chi connectivity index (χ2n) is 9.00. The highest BCUT2D eigenvalue weighted by atomic mass is 19.4. The quantitative estimate of drug-likeness (QED) is 0.345. The predicted octanol–water partition coefficient (Wildman–Crippen LogP) is 4.74. The van der Waals surface area contributed by atoms with Crippen molar-refractivity contribution in [2.45, 2.75) is 25.2 Å². The van der Waals surface area contributed by atoms with Crippen LogP contribution < -0.4 is 24.8 Å². The lowest BCUT2D eigenvalue weighted by atomic mass is 10.1. The molecule has 0 aliphatic carbocycles. The van der Waals surface area contributed by atoms with Crippen molar-refractivity contribution in [3.63, 3.8) is 0 Å². The van der Waals surface area contributed by atoms with Crippen LogP contribution in [0.1, 0.15) is 23.6 Å². The van der Waals surface area contributed by atoms with Crippen LogP contribution in [0.25, 0.3) is 11.0 Å². The molecule has 11 heteroatoms. The molecule has 1 aliphatic rings. The fraction of sp³-hybridized carbons (Fsp3) is 0.333. The summed E-state index contributed by atoms with van der Waals surface area (Å²) in [5, 5.41) is 0. The zero-order valence-electron chi connectivity index (χ0n) is 21.2. The lowest BCUT2D eigenvalue weighted by Gasteiger charge is -2.23. The van der Waals surface area contributed by atoms with Crippen molar-refractivity contribution < 1.29 is 27.4 Å². The summed E-state index contributed by atoms with van der Waals surface area (Å²) in [7, 11) is 4.58. The van der Waals surface area contributed by atoms with E-state index in [1.165, 1.54) is 29.9 Å². The first-order valence-corrected chi connectivity index (χ1v) is 12.0. The Labute approximate surface area is 216 Å². The molecule has 8 nitrogen and oxygen atoms in total. The van der Waals surface area contributed by atoms with E-state index in [0.717, 1.165) is 11.8 Å². The SMILES string of the molecule is COc1cncc(OC)c1N1CCC(n2c(=O)n(Cc3ccccc3C(F)(F)F)c3c(OC)cccc32)C1. The first-order chi connectivity index (χ1) is 18.3. The number of alkyl halides is 3. The van der Waals surface area contributed by atoms with Crippen LogP contribution in [0.3, 0.4) is 0 Å². The summed E-state index contributed by atoms with van der Waals surface area (Å²) >= 11 is 0. The first-order valence-electron chi connectivity index (χ1n) is 12.0. The second kappa shape index (κ2) is 9.96. The number of aromatic nitrogens is 3. The van der Waals surface area contributed by atoms with E-state index in [-0.39, 0.29) is 18.2 Å². The Morgan fingerprint density at radius 2 is 1.63 bits per heavy atom. The molecule has 0 radical (unpaired) electrons. The molecular weight excluding hydrogens is 501 g/mol. The average molecular weight is 529 g/mol. The maximum atomic E-state index is 13.9. The summed E-state index contributed by atoms with van der Waals surface area (Å²) < 4.78 is 60.8. The molecular formula is C27H27F3N4O4. The van der Waals surface area contributed by atoms with Crippen molar-refractivity contribution in [3.8, 4) is 17.2 Å². The standard InChI is InChI=1S/C27H27F3N4O4/c1-36-21-10-6-9-20-24(21)33(15-17-7-4-5-8-19(17)27(28,29)30)26(35)34(20)18-11-12-32(16-18)25-22(37-2)13-31-14-23(25)38-3/h4-10,13-14,18H,11-12,15-16H2,1-3H3. The van der Waals surface area contributed by atoms with Gasteiger partial charge in [-0.25, -0.2) is 4.79 Å². The normalized spacial score (nSPS) is 15.7. The largest absolute Gasteiger partial charge is 0.494 e. The van der Waals surface area contributed by atoms with Gasteiger partial charge in [0.2, 0.25) is 0 Å². The van der Waals surface area contributed by atoms with E-state index in [1.807, 2.05) is 0 Å². The maximum Gasteiger partial charge on any atom is 0.416 e. The van der Waals surface area contributed by atoms with Crippen LogP contribution in [0.2, 0.25) is 0 Å². The molecule has 0 spiro atoms. The molecule has 1 unspecified atom stereocenters. The van der Waals surface area contributed by atoms with E-state index in [9.17, 15) is 18.0 Å². The van der Waals surface area contributed by atoms with E-state index >= 15 is 0 Å². The van der Waals surface area contributed by atoms with Gasteiger partial charge < -0.3 is 19.1 Å². The molecule has 38 heavy (non-hydrogen) atoms. The number of imidazole rings is 1. The van der Waals surface area contributed by atoms with Crippen molar-refractivity contribution in [3.05, 3.63) is 76.5 Å². The minimum atomic E-state index is -4.54. The summed E-state index contributed by atoms with van der Waals surface area (Å²) in [6, 6.07) is 10.3. The van der Waals surface area contributed by atoms with E-state index < -0.39 is 17.4 Å². The fourth-order valence-corrected chi connectivity index (χ4v) is 5.26. The number of anilines is 1. The van der Waals surface area contributed by atoms with Crippen LogP contribution in [-0.4, -0.2) is 48.5 Å². The first kappa shape index (κ1) is 25.5. The predicted molar refractivity (Wildman–Crippen MR) is 137 cm³/mol. The van der Waals surface area contributed by atoms with Gasteiger partial charge in [0.25, 0.3) is 0 Å². The molecule has 1 aliphatic heterocycles. The van der Waals surface area contributed by atoms with Gasteiger partial charge in [0.15, 0.2) is 11.5 Å². The number of rotatable bonds is 7. The Bertz CT molecular complexity index is 1510. The van der Waals surface area contributed by atoms with E-state index in [0.29, 0.717) is 47.8 Å². The molecule has 1 atom stereocenters. The Hall–Kier alpha value is -4.15. The van der Waals surface area contributed by atoms with Crippen LogP contribution in [0.5, 0.6) is 17.2 Å². The Kier molecular flexibility index (Phi) is 6.68. The number of ether oxygens (including phenoxy) is 3. The van der Waals surface area contributed by atoms with Crippen molar-refractivity contribution in [2.75, 3.05) is 39.3 Å². The summed E-state index contributed by atoms with van der Waals surface area (Å²) in [5.74, 6) is 1.51. The number of methoxy groups -OCH3 is 3. The number of fused-ring (bicyclic) bond motifs is 1. The molecule has 5 rings (SSSR count). The molecule has 0 saturated carbocycles. The zero-order chi connectivity index (χ0) is 27.0. The van der Waals surface area contributed by atoms with Gasteiger partial charge in [-0.1, -0.05) is 24.3 Å². The molecule has 0 amide bonds. The fourth-order valence-electron chi connectivity index (χ4n) is 5.26. The molecule has 0 N–H and O–H groups in total. The number of hydrogen-bond donors (Lipinski definition) is 0. The molecule has 1 saturated heterocycles. The molecule has 2 aromatic carbocycles. The highest BCUT2D eigenvalue weighted by molar-refractivity contribution is 5.83. The number of nitrogens with zero attached hydrogens (tertiary/aromatic N) is 4. The maximum absolute atomic E-state index is 13.9. The molecule has 3 heterocycles. The van der Waals surface area contributed by atoms with Crippen molar-refractivity contribution in [2.24, 2.45) is 0 Å². The number of benzene rings is 2. The van der Waals surface area contributed by atoms with Gasteiger partial charge >= 0.3 is 11.9 Å². The Morgan fingerprint density at radius 1 is 0.947 bits per heavy atom. The molecule has 2 aromatic heterocycles. The van der Waals surface area contributed by atoms with Crippen LogP contribution in [0.4, 0.5) is 18.9 Å². The number of hydrogen-bond acceptors (Lipinski definition) is 6. The highest BCUT2D eigenvalue weighted by Crippen LogP contribution is 2.41. The van der Waals surface area contributed by atoms with Crippen LogP contribution >= 0.6 is 0 Å². The topological polar surface area (TPSA) is 70.8 Å². The van der Waals surface area contributed by atoms with Crippen LogP contribution in [0.15, 0.2) is 59.7 Å². The lowest BCUT2D eigenvalue weighted by Crippen LogP contribution is -2.30. The third kappa shape index (κ3) is 4.31. The van der Waals surface area contributed by atoms with Gasteiger partial charge in [-0.15, -0.1) is 0 Å². The second-order valence-corrected chi connectivity index (χ2v) is 9.00. The minimum absolute atomic E-state index is 0.00589. The lowest BCUT2D eigenvalue weighted by molar-refractivity contribution is -0.138. The van der Waals surface area contributed by atoms with Gasteiger partial charge in [-0.2, -0.15) is 13.2 Å². The minimum Gasteiger partial charge on any atom is -0.494 e. The smallest absolute Gasteiger partial charge is 0.416 e. The molecule has 200 valence electrons. The summed E-state index contributed by atoms with van der Waals surface area (Å²) in [4.78, 5) is 20.1. The third-order valence-corrected chi connectivity index (χ3v) is 6.95. The number of para-hydroxylation sites is 1. The Balaban J connectivity index is 1.60. The summed E-state index contributed by atoms with van der Waals surface area (Å²) in [6.07, 6.45) is -0.709. The van der Waals surface area contributed by atoms with Gasteiger partial charge in [-0.05, 0) is 30.2 Å². The van der Waals surface area contributed by atoms with E-state index in [1.54, 1.807) is 49.4 Å². The molecule has 0 bridgehead atoms. The number of pyridine rings is 1. The van der Waals surface area contributed by atoms with Crippen molar-refractivity contribution >= 4 is 16.7 Å². The van der Waals surface area contributed by atoms with E-state index in [4.69, 9.17) is 14.2 Å². The zero-order valence-corrected chi connectivity index (χ0v) is 21.2. The molecule has 1 fully saturated rings. The Morgan fingerprint density at radius 3 is 2.29 bits per heavy atom. The number of halogens is 3. The molecule has 4 aromatic rings. The third-order valence-electron chi connectivity index (χ3n) is 6.95. The highest BCUT2D eigenvalue weighted by Gasteiger charge is 2.35. The van der Waals surface area contributed by atoms with Crippen molar-refractivity contribution in [1.29, 1.82) is 0 Å². The van der Waals surface area contributed by atoms with Crippen LogP contribution in [-0.2, 0) is 12.7 Å². The van der Waals surface area contributed by atoms with E-state index in [2.05, 4.69) is 9.88 Å². The van der Waals surface area contributed by atoms with Crippen LogP contribution in [0, 0.1) is 0 Å².